The Morgan fingerprint density at radius 2 is 1.53 bits per heavy atom. The standard InChI is InChI=1S/C24H25NO4S/c1-17-11-13-22(14-12-17)30(27,28)25(23-10-6-8-19(3)20(23)4)24(26)16-29-21-9-5-7-18(2)15-21/h5-15H,16H2,1-4H3. The van der Waals surface area contributed by atoms with Crippen molar-refractivity contribution in [2.75, 3.05) is 10.9 Å². The number of benzene rings is 3. The van der Waals surface area contributed by atoms with E-state index >= 15 is 0 Å². The molecule has 1 amide bonds. The highest BCUT2D eigenvalue weighted by atomic mass is 32.2. The number of rotatable bonds is 6. The number of aryl methyl sites for hydroxylation is 3. The topological polar surface area (TPSA) is 63.7 Å². The predicted molar refractivity (Wildman–Crippen MR) is 118 cm³/mol. The highest BCUT2D eigenvalue weighted by molar-refractivity contribution is 7.93. The number of sulfonamides is 1. The van der Waals surface area contributed by atoms with Crippen molar-refractivity contribution in [2.24, 2.45) is 0 Å². The molecule has 0 atom stereocenters. The van der Waals surface area contributed by atoms with Crippen molar-refractivity contribution >= 4 is 21.6 Å². The molecule has 0 unspecified atom stereocenters. The summed E-state index contributed by atoms with van der Waals surface area (Å²) in [5.41, 5.74) is 3.86. The maximum Gasteiger partial charge on any atom is 0.278 e. The number of amides is 1. The quantitative estimate of drug-likeness (QED) is 0.575. The molecule has 0 saturated carbocycles. The molecular formula is C24H25NO4S. The number of hydrogen-bond donors (Lipinski definition) is 0. The molecule has 156 valence electrons. The summed E-state index contributed by atoms with van der Waals surface area (Å²) >= 11 is 0. The normalized spacial score (nSPS) is 11.2. The van der Waals surface area contributed by atoms with Crippen LogP contribution in [-0.2, 0) is 14.8 Å². The Labute approximate surface area is 178 Å². The van der Waals surface area contributed by atoms with Gasteiger partial charge in [0, 0.05) is 0 Å². The molecule has 0 aliphatic carbocycles. The minimum atomic E-state index is -4.12. The number of ether oxygens (including phenoxy) is 1. The molecule has 0 aromatic heterocycles. The second kappa shape index (κ2) is 8.71. The third kappa shape index (κ3) is 4.54. The molecule has 30 heavy (non-hydrogen) atoms. The van der Waals surface area contributed by atoms with E-state index < -0.39 is 22.5 Å². The van der Waals surface area contributed by atoms with E-state index in [-0.39, 0.29) is 4.90 Å². The van der Waals surface area contributed by atoms with E-state index in [0.717, 1.165) is 26.6 Å². The van der Waals surface area contributed by atoms with Crippen molar-refractivity contribution < 1.29 is 17.9 Å². The van der Waals surface area contributed by atoms with Crippen LogP contribution in [0.1, 0.15) is 22.3 Å². The molecule has 6 heteroatoms. The van der Waals surface area contributed by atoms with Crippen LogP contribution in [0.3, 0.4) is 0 Å². The second-order valence-corrected chi connectivity index (χ2v) is 9.09. The summed E-state index contributed by atoms with van der Waals surface area (Å²) in [5.74, 6) is -0.150. The Morgan fingerprint density at radius 3 is 2.20 bits per heavy atom. The Kier molecular flexibility index (Phi) is 6.27. The minimum absolute atomic E-state index is 0.0536. The third-order valence-corrected chi connectivity index (χ3v) is 6.68. The fourth-order valence-electron chi connectivity index (χ4n) is 3.08. The van der Waals surface area contributed by atoms with Crippen molar-refractivity contribution in [2.45, 2.75) is 32.6 Å². The summed E-state index contributed by atoms with van der Waals surface area (Å²) in [4.78, 5) is 13.2. The van der Waals surface area contributed by atoms with Crippen molar-refractivity contribution in [3.63, 3.8) is 0 Å². The van der Waals surface area contributed by atoms with Crippen molar-refractivity contribution in [1.82, 2.24) is 0 Å². The molecule has 0 aliphatic rings. The molecule has 5 nitrogen and oxygen atoms in total. The molecular weight excluding hydrogens is 398 g/mol. The summed E-state index contributed by atoms with van der Waals surface area (Å²) < 4.78 is 33.4. The van der Waals surface area contributed by atoms with Crippen LogP contribution in [0, 0.1) is 27.7 Å². The van der Waals surface area contributed by atoms with Gasteiger partial charge in [-0.1, -0.05) is 42.0 Å². The largest absolute Gasteiger partial charge is 0.484 e. The molecule has 0 saturated heterocycles. The molecule has 0 fully saturated rings. The Hall–Kier alpha value is -3.12. The predicted octanol–water partition coefficient (Wildman–Crippen LogP) is 4.72. The van der Waals surface area contributed by atoms with Gasteiger partial charge in [0.1, 0.15) is 5.75 Å². The minimum Gasteiger partial charge on any atom is -0.484 e. The lowest BCUT2D eigenvalue weighted by molar-refractivity contribution is -0.119. The van der Waals surface area contributed by atoms with Gasteiger partial charge in [0.05, 0.1) is 10.6 Å². The Balaban J connectivity index is 2.02. The lowest BCUT2D eigenvalue weighted by Crippen LogP contribution is -2.40. The van der Waals surface area contributed by atoms with Crippen molar-refractivity contribution in [3.05, 3.63) is 89.0 Å². The van der Waals surface area contributed by atoms with Gasteiger partial charge in [-0.15, -0.1) is 0 Å². The first-order valence-corrected chi connectivity index (χ1v) is 11.0. The van der Waals surface area contributed by atoms with Crippen LogP contribution in [-0.4, -0.2) is 20.9 Å². The fourth-order valence-corrected chi connectivity index (χ4v) is 4.55. The van der Waals surface area contributed by atoms with Crippen LogP contribution in [0.25, 0.3) is 0 Å². The van der Waals surface area contributed by atoms with Crippen LogP contribution in [0.5, 0.6) is 5.75 Å². The number of hydrogen-bond acceptors (Lipinski definition) is 4. The fraction of sp³-hybridized carbons (Fsp3) is 0.208. The van der Waals surface area contributed by atoms with Gasteiger partial charge >= 0.3 is 0 Å². The summed E-state index contributed by atoms with van der Waals surface area (Å²) in [7, 11) is -4.12. The van der Waals surface area contributed by atoms with E-state index in [2.05, 4.69) is 0 Å². The summed E-state index contributed by atoms with van der Waals surface area (Å²) in [6.07, 6.45) is 0. The first kappa shape index (κ1) is 21.6. The van der Waals surface area contributed by atoms with Gasteiger partial charge in [-0.25, -0.2) is 8.42 Å². The number of anilines is 1. The van der Waals surface area contributed by atoms with Crippen molar-refractivity contribution in [3.8, 4) is 5.75 Å². The van der Waals surface area contributed by atoms with E-state index in [1.165, 1.54) is 12.1 Å². The SMILES string of the molecule is Cc1ccc(S(=O)(=O)N(C(=O)COc2cccc(C)c2)c2cccc(C)c2C)cc1. The lowest BCUT2D eigenvalue weighted by Gasteiger charge is -2.25. The molecule has 3 rings (SSSR count). The third-order valence-electron chi connectivity index (χ3n) is 4.93. The van der Waals surface area contributed by atoms with Crippen LogP contribution in [0.4, 0.5) is 5.69 Å². The Bertz CT molecular complexity index is 1170. The summed E-state index contributed by atoms with van der Waals surface area (Å²) in [6.45, 7) is 7.07. The zero-order chi connectivity index (χ0) is 21.9. The van der Waals surface area contributed by atoms with Crippen LogP contribution in [0.2, 0.25) is 0 Å². The second-order valence-electron chi connectivity index (χ2n) is 7.30. The molecule has 0 bridgehead atoms. The first-order chi connectivity index (χ1) is 14.2. The van der Waals surface area contributed by atoms with Gasteiger partial charge in [-0.05, 0) is 74.7 Å². The molecule has 0 N–H and O–H groups in total. The Morgan fingerprint density at radius 1 is 0.867 bits per heavy atom. The van der Waals surface area contributed by atoms with Crippen LogP contribution in [0.15, 0.2) is 71.6 Å². The van der Waals surface area contributed by atoms with Gasteiger partial charge in [-0.2, -0.15) is 4.31 Å². The van der Waals surface area contributed by atoms with E-state index in [1.807, 2.05) is 39.0 Å². The van der Waals surface area contributed by atoms with Gasteiger partial charge in [0.2, 0.25) is 0 Å². The van der Waals surface area contributed by atoms with E-state index in [1.54, 1.807) is 43.3 Å². The van der Waals surface area contributed by atoms with Gasteiger partial charge in [0.15, 0.2) is 6.61 Å². The molecule has 3 aromatic carbocycles. The smallest absolute Gasteiger partial charge is 0.278 e. The monoisotopic (exact) mass is 423 g/mol. The molecule has 0 aliphatic heterocycles. The lowest BCUT2D eigenvalue weighted by atomic mass is 10.1. The van der Waals surface area contributed by atoms with Gasteiger partial charge in [-0.3, -0.25) is 4.79 Å². The molecule has 0 heterocycles. The molecule has 0 spiro atoms. The maximum absolute atomic E-state index is 13.5. The average molecular weight is 424 g/mol. The van der Waals surface area contributed by atoms with Crippen LogP contribution >= 0.6 is 0 Å². The summed E-state index contributed by atoms with van der Waals surface area (Å²) in [6, 6.07) is 19.0. The zero-order valence-corrected chi connectivity index (χ0v) is 18.4. The first-order valence-electron chi connectivity index (χ1n) is 9.60. The van der Waals surface area contributed by atoms with Crippen LogP contribution < -0.4 is 9.04 Å². The number of carbonyl (C=O) groups is 1. The van der Waals surface area contributed by atoms with Gasteiger partial charge in [0.25, 0.3) is 15.9 Å². The number of carbonyl (C=O) groups excluding carboxylic acids is 1. The van der Waals surface area contributed by atoms with Crippen molar-refractivity contribution in [1.29, 1.82) is 0 Å². The van der Waals surface area contributed by atoms with E-state index in [4.69, 9.17) is 4.74 Å². The number of nitrogens with zero attached hydrogens (tertiary/aromatic N) is 1. The highest BCUT2D eigenvalue weighted by Crippen LogP contribution is 2.29. The highest BCUT2D eigenvalue weighted by Gasteiger charge is 2.32. The molecule has 3 aromatic rings. The van der Waals surface area contributed by atoms with Gasteiger partial charge < -0.3 is 4.74 Å². The maximum atomic E-state index is 13.5. The average Bonchev–Trinajstić information content (AvgIpc) is 2.70. The summed E-state index contributed by atoms with van der Waals surface area (Å²) in [5, 5.41) is 0. The van der Waals surface area contributed by atoms with E-state index in [9.17, 15) is 13.2 Å². The molecule has 0 radical (unpaired) electrons. The van der Waals surface area contributed by atoms with E-state index in [0.29, 0.717) is 11.4 Å². The zero-order valence-electron chi connectivity index (χ0n) is 17.5.